The van der Waals surface area contributed by atoms with Crippen molar-refractivity contribution in [1.29, 1.82) is 0 Å². The van der Waals surface area contributed by atoms with Crippen LogP contribution in [0.15, 0.2) is 133 Å². The normalized spacial score (nSPS) is 15.0. The lowest BCUT2D eigenvalue weighted by molar-refractivity contribution is -0.384. The van der Waals surface area contributed by atoms with Crippen molar-refractivity contribution in [2.45, 2.75) is 0 Å². The van der Waals surface area contributed by atoms with Gasteiger partial charge in [0.1, 0.15) is 0 Å². The number of nitro groups is 1. The van der Waals surface area contributed by atoms with Gasteiger partial charge in [0.2, 0.25) is 0 Å². The zero-order chi connectivity index (χ0) is 36.2. The summed E-state index contributed by atoms with van der Waals surface area (Å²) >= 11 is 1.56. The molecular weight excluding hydrogens is 524 g/mol. The molecule has 0 N–H and O–H groups in total. The predicted molar refractivity (Wildman–Crippen MR) is 171 cm³/mol. The van der Waals surface area contributed by atoms with Crippen LogP contribution in [0.3, 0.4) is 0 Å². The number of aromatic nitrogens is 1. The highest BCUT2D eigenvalue weighted by Gasteiger charge is 2.24. The fraction of sp³-hybridized carbons (Fsp3) is 0. The van der Waals surface area contributed by atoms with Gasteiger partial charge in [-0.1, -0.05) is 96.8 Å². The summed E-state index contributed by atoms with van der Waals surface area (Å²) in [7, 11) is 0. The summed E-state index contributed by atoms with van der Waals surface area (Å²) in [5.41, 5.74) is -0.357. The van der Waals surface area contributed by atoms with E-state index in [0.717, 1.165) is 43.1 Å². The van der Waals surface area contributed by atoms with Gasteiger partial charge in [0.05, 0.1) is 35.4 Å². The van der Waals surface area contributed by atoms with Crippen molar-refractivity contribution in [3.8, 4) is 27.9 Å². The molecule has 6 aromatic carbocycles. The third-order valence-corrected chi connectivity index (χ3v) is 8.37. The summed E-state index contributed by atoms with van der Waals surface area (Å²) in [6.45, 7) is 0. The summed E-state index contributed by atoms with van der Waals surface area (Å²) in [6.07, 6.45) is 0. The standard InChI is InChI=1S/C36H22N2O2S/c39-38(40)25-19-28(23-11-3-1-4-12-23)36(29(20-25)24-13-5-2-6-14-24)37-32-17-9-7-15-26(32)30-21-31-27-16-8-10-18-34(27)41-35(31)22-33(30)37/h1-22H/i1D,2D,3D,4D,5D,6D,11D,12D,13D,14D. The van der Waals surface area contributed by atoms with Crippen LogP contribution in [0.25, 0.3) is 69.9 Å². The topological polar surface area (TPSA) is 48.1 Å². The van der Waals surface area contributed by atoms with Gasteiger partial charge in [-0.3, -0.25) is 10.1 Å². The van der Waals surface area contributed by atoms with E-state index in [1.807, 2.05) is 48.5 Å². The fourth-order valence-electron chi connectivity index (χ4n) is 5.54. The first kappa shape index (κ1) is 15.5. The molecule has 41 heavy (non-hydrogen) atoms. The number of non-ortho nitro benzene ring substituents is 1. The second-order valence-corrected chi connectivity index (χ2v) is 10.5. The van der Waals surface area contributed by atoms with Crippen LogP contribution < -0.4 is 0 Å². The molecule has 0 radical (unpaired) electrons. The van der Waals surface area contributed by atoms with Gasteiger partial charge in [0.15, 0.2) is 0 Å². The van der Waals surface area contributed by atoms with Crippen molar-refractivity contribution in [2.24, 2.45) is 0 Å². The molecule has 0 unspecified atom stereocenters. The molecule has 0 saturated heterocycles. The fourth-order valence-corrected chi connectivity index (χ4v) is 6.67. The lowest BCUT2D eigenvalue weighted by Gasteiger charge is -2.19. The second kappa shape index (κ2) is 9.15. The minimum atomic E-state index is -0.728. The van der Waals surface area contributed by atoms with Crippen LogP contribution >= 0.6 is 11.3 Å². The predicted octanol–water partition coefficient (Wildman–Crippen LogP) is 10.4. The zero-order valence-corrected chi connectivity index (χ0v) is 21.9. The van der Waals surface area contributed by atoms with Crippen LogP contribution in [0.5, 0.6) is 0 Å². The molecular formula is C36H22N2O2S. The van der Waals surface area contributed by atoms with Crippen LogP contribution in [-0.2, 0) is 0 Å². The van der Waals surface area contributed by atoms with Crippen LogP contribution in [0.4, 0.5) is 5.69 Å². The van der Waals surface area contributed by atoms with Gasteiger partial charge >= 0.3 is 0 Å². The molecule has 0 amide bonds. The van der Waals surface area contributed by atoms with E-state index >= 15 is 0 Å². The molecule has 0 aliphatic carbocycles. The molecule has 2 aromatic heterocycles. The maximum atomic E-state index is 12.5. The van der Waals surface area contributed by atoms with Gasteiger partial charge in [-0.05, 0) is 35.4 Å². The Balaban J connectivity index is 1.66. The highest BCUT2D eigenvalue weighted by molar-refractivity contribution is 7.25. The average molecular weight is 557 g/mol. The Labute approximate surface area is 253 Å². The van der Waals surface area contributed by atoms with Crippen molar-refractivity contribution >= 4 is 59.0 Å². The van der Waals surface area contributed by atoms with Crippen molar-refractivity contribution in [3.63, 3.8) is 0 Å². The Morgan fingerprint density at radius 1 is 0.634 bits per heavy atom. The van der Waals surface area contributed by atoms with E-state index in [-0.39, 0.29) is 27.9 Å². The number of hydrogen-bond acceptors (Lipinski definition) is 3. The van der Waals surface area contributed by atoms with Crippen LogP contribution in [0, 0.1) is 10.1 Å². The lowest BCUT2D eigenvalue weighted by Crippen LogP contribution is -2.02. The highest BCUT2D eigenvalue weighted by atomic mass is 32.1. The van der Waals surface area contributed by atoms with Gasteiger partial charge in [0.25, 0.3) is 5.69 Å². The maximum absolute atomic E-state index is 12.5. The smallest absolute Gasteiger partial charge is 0.270 e. The third-order valence-electron chi connectivity index (χ3n) is 7.24. The molecule has 0 bridgehead atoms. The van der Waals surface area contributed by atoms with Crippen LogP contribution in [0.2, 0.25) is 0 Å². The average Bonchev–Trinajstić information content (AvgIpc) is 3.65. The number of para-hydroxylation sites is 1. The molecule has 0 atom stereocenters. The van der Waals surface area contributed by atoms with Gasteiger partial charge in [-0.15, -0.1) is 11.3 Å². The van der Waals surface area contributed by atoms with Crippen molar-refractivity contribution in [2.75, 3.05) is 0 Å². The molecule has 0 aliphatic heterocycles. The number of hydrogen-bond donors (Lipinski definition) is 0. The summed E-state index contributed by atoms with van der Waals surface area (Å²) in [5.74, 6) is 0. The molecule has 4 nitrogen and oxygen atoms in total. The van der Waals surface area contributed by atoms with Crippen molar-refractivity contribution in [3.05, 3.63) is 143 Å². The molecule has 5 heteroatoms. The SMILES string of the molecule is [2H]c1c([2H])c([2H])c(-c2cc([N+](=O)[O-])cc(-c3c([2H])c([2H])c([2H])c([2H])c3[2H])c2-n2c3ccccc3c3cc4c(cc32)sc2ccccc24)c([2H])c1[2H]. The van der Waals surface area contributed by atoms with E-state index in [4.69, 9.17) is 13.7 Å². The number of nitrogens with zero attached hydrogens (tertiary/aromatic N) is 2. The number of rotatable bonds is 4. The maximum Gasteiger partial charge on any atom is 0.270 e. The monoisotopic (exact) mass is 556 g/mol. The molecule has 0 fully saturated rings. The Bertz CT molecular complexity index is 2720. The van der Waals surface area contributed by atoms with Gasteiger partial charge in [-0.2, -0.15) is 0 Å². The number of benzene rings is 6. The number of thiophene rings is 1. The Morgan fingerprint density at radius 3 is 1.90 bits per heavy atom. The summed E-state index contributed by atoms with van der Waals surface area (Å²) in [5, 5.41) is 16.1. The largest absolute Gasteiger partial charge is 0.308 e. The number of nitro benzene ring substituents is 1. The number of fused-ring (bicyclic) bond motifs is 6. The minimum Gasteiger partial charge on any atom is -0.308 e. The molecule has 2 heterocycles. The van der Waals surface area contributed by atoms with E-state index in [1.165, 1.54) is 0 Å². The Hall–Kier alpha value is -5.26. The van der Waals surface area contributed by atoms with E-state index in [0.29, 0.717) is 11.0 Å². The van der Waals surface area contributed by atoms with Crippen LogP contribution in [-0.4, -0.2) is 9.49 Å². The van der Waals surface area contributed by atoms with E-state index < -0.39 is 71.0 Å². The molecule has 194 valence electrons. The molecule has 0 spiro atoms. The summed E-state index contributed by atoms with van der Waals surface area (Å²) in [6, 6.07) is 15.0. The summed E-state index contributed by atoms with van der Waals surface area (Å²) < 4.78 is 89.7. The zero-order valence-electron chi connectivity index (χ0n) is 31.0. The van der Waals surface area contributed by atoms with Crippen LogP contribution in [0.1, 0.15) is 13.7 Å². The molecule has 0 aliphatic rings. The van der Waals surface area contributed by atoms with E-state index in [1.54, 1.807) is 28.0 Å². The molecule has 8 rings (SSSR count). The first-order valence-corrected chi connectivity index (χ1v) is 13.4. The third kappa shape index (κ3) is 3.67. The van der Waals surface area contributed by atoms with Gasteiger partial charge in [0, 0.05) is 54.2 Å². The first-order valence-electron chi connectivity index (χ1n) is 17.6. The van der Waals surface area contributed by atoms with Crippen molar-refractivity contribution < 1.29 is 18.6 Å². The quantitative estimate of drug-likeness (QED) is 0.160. The Morgan fingerprint density at radius 2 is 1.24 bits per heavy atom. The first-order chi connectivity index (χ1) is 24.3. The summed E-state index contributed by atoms with van der Waals surface area (Å²) in [4.78, 5) is 11.8. The van der Waals surface area contributed by atoms with Gasteiger partial charge in [-0.25, -0.2) is 0 Å². The van der Waals surface area contributed by atoms with Crippen molar-refractivity contribution in [1.82, 2.24) is 4.57 Å². The second-order valence-electron chi connectivity index (χ2n) is 9.46. The highest BCUT2D eigenvalue weighted by Crippen LogP contribution is 2.45. The van der Waals surface area contributed by atoms with E-state index in [9.17, 15) is 10.1 Å². The van der Waals surface area contributed by atoms with Gasteiger partial charge < -0.3 is 4.57 Å². The minimum absolute atomic E-state index is 0.0457. The molecule has 0 saturated carbocycles. The Kier molecular flexibility index (Phi) is 3.46. The molecule has 8 aromatic rings. The lowest BCUT2D eigenvalue weighted by atomic mass is 9.94. The van der Waals surface area contributed by atoms with E-state index in [2.05, 4.69) is 0 Å².